The van der Waals surface area contributed by atoms with Crippen LogP contribution in [0.1, 0.15) is 30.0 Å². The molecule has 158 valence electrons. The van der Waals surface area contributed by atoms with Crippen LogP contribution in [0.15, 0.2) is 66.7 Å². The fraction of sp³-hybridized carbons (Fsp3) is 0.192. The van der Waals surface area contributed by atoms with Gasteiger partial charge in [-0.1, -0.05) is 49.4 Å². The molecule has 1 aliphatic rings. The molecule has 0 bridgehead atoms. The molecule has 0 aliphatic carbocycles. The Hall–Kier alpha value is -3.60. The van der Waals surface area contributed by atoms with Gasteiger partial charge in [-0.25, -0.2) is 4.39 Å². The first kappa shape index (κ1) is 20.7. The third-order valence-corrected chi connectivity index (χ3v) is 5.25. The third-order valence-electron chi connectivity index (χ3n) is 5.25. The van der Waals surface area contributed by atoms with Crippen molar-refractivity contribution in [3.8, 4) is 11.5 Å². The zero-order valence-corrected chi connectivity index (χ0v) is 17.6. The van der Waals surface area contributed by atoms with Crippen LogP contribution in [0.3, 0.4) is 0 Å². The van der Waals surface area contributed by atoms with E-state index < -0.39 is 0 Å². The maximum Gasteiger partial charge on any atom is 0.258 e. The maximum absolute atomic E-state index is 13.9. The average molecular weight is 417 g/mol. The molecule has 0 N–H and O–H groups in total. The first-order valence-electron chi connectivity index (χ1n) is 10.3. The fourth-order valence-corrected chi connectivity index (χ4v) is 3.72. The summed E-state index contributed by atoms with van der Waals surface area (Å²) in [5.74, 6) is 0.730. The van der Waals surface area contributed by atoms with Crippen LogP contribution in [0.5, 0.6) is 11.5 Å². The van der Waals surface area contributed by atoms with E-state index in [0.29, 0.717) is 29.2 Å². The van der Waals surface area contributed by atoms with E-state index >= 15 is 0 Å². The number of ether oxygens (including phenoxy) is 2. The van der Waals surface area contributed by atoms with E-state index in [0.717, 1.165) is 23.2 Å². The number of anilines is 1. The van der Waals surface area contributed by atoms with Gasteiger partial charge in [-0.3, -0.25) is 4.79 Å². The lowest BCUT2D eigenvalue weighted by Gasteiger charge is -2.15. The zero-order valence-electron chi connectivity index (χ0n) is 17.6. The van der Waals surface area contributed by atoms with Gasteiger partial charge in [0, 0.05) is 23.2 Å². The van der Waals surface area contributed by atoms with E-state index in [1.165, 1.54) is 6.07 Å². The lowest BCUT2D eigenvalue weighted by Crippen LogP contribution is -2.26. The number of nitrogens with zero attached hydrogens (tertiary/aromatic N) is 1. The van der Waals surface area contributed by atoms with Crippen molar-refractivity contribution in [3.63, 3.8) is 0 Å². The molecule has 4 rings (SSSR count). The van der Waals surface area contributed by atoms with Crippen LogP contribution in [0.4, 0.5) is 10.1 Å². The smallest absolute Gasteiger partial charge is 0.258 e. The highest BCUT2D eigenvalue weighted by molar-refractivity contribution is 6.35. The van der Waals surface area contributed by atoms with Gasteiger partial charge in [0.1, 0.15) is 12.4 Å². The van der Waals surface area contributed by atoms with Gasteiger partial charge < -0.3 is 14.4 Å². The number of carbonyl (C=O) groups is 1. The standard InChI is InChI=1S/C26H24FNO3/c1-3-14-28-23-11-7-5-9-20(23)21(26(28)29)15-18-12-13-24(25(16-18)30-2)31-17-19-8-4-6-10-22(19)27/h4-13,15-16H,3,14,17H2,1-2H3/b21-15-. The van der Waals surface area contributed by atoms with E-state index in [1.54, 1.807) is 31.4 Å². The number of para-hydroxylation sites is 1. The summed E-state index contributed by atoms with van der Waals surface area (Å²) in [4.78, 5) is 14.9. The summed E-state index contributed by atoms with van der Waals surface area (Å²) in [6.07, 6.45) is 2.76. The summed E-state index contributed by atoms with van der Waals surface area (Å²) in [6.45, 7) is 2.84. The van der Waals surface area contributed by atoms with Crippen LogP contribution in [-0.4, -0.2) is 19.6 Å². The molecule has 3 aromatic carbocycles. The van der Waals surface area contributed by atoms with Crippen LogP contribution >= 0.6 is 0 Å². The Morgan fingerprint density at radius 1 is 1.00 bits per heavy atom. The maximum atomic E-state index is 13.9. The summed E-state index contributed by atoms with van der Waals surface area (Å²) in [7, 11) is 1.56. The second-order valence-corrected chi connectivity index (χ2v) is 7.32. The van der Waals surface area contributed by atoms with Gasteiger partial charge in [0.2, 0.25) is 0 Å². The number of rotatable bonds is 7. The number of halogens is 1. The van der Waals surface area contributed by atoms with E-state index in [4.69, 9.17) is 9.47 Å². The molecule has 0 saturated heterocycles. The molecule has 1 heterocycles. The Morgan fingerprint density at radius 3 is 2.55 bits per heavy atom. The van der Waals surface area contributed by atoms with Crippen molar-refractivity contribution in [1.29, 1.82) is 0 Å². The summed E-state index contributed by atoms with van der Waals surface area (Å²) in [5.41, 5.74) is 3.83. The van der Waals surface area contributed by atoms with Gasteiger partial charge in [-0.15, -0.1) is 0 Å². The molecular weight excluding hydrogens is 393 g/mol. The van der Waals surface area contributed by atoms with Crippen molar-refractivity contribution in [2.24, 2.45) is 0 Å². The van der Waals surface area contributed by atoms with Crippen LogP contribution < -0.4 is 14.4 Å². The molecule has 4 nitrogen and oxygen atoms in total. The quantitative estimate of drug-likeness (QED) is 0.462. The van der Waals surface area contributed by atoms with Crippen molar-refractivity contribution in [3.05, 3.63) is 89.2 Å². The number of fused-ring (bicyclic) bond motifs is 1. The predicted molar refractivity (Wildman–Crippen MR) is 121 cm³/mol. The van der Waals surface area contributed by atoms with Gasteiger partial charge in [0.05, 0.1) is 12.8 Å². The van der Waals surface area contributed by atoms with Crippen molar-refractivity contribution in [1.82, 2.24) is 0 Å². The lowest BCUT2D eigenvalue weighted by atomic mass is 10.0. The van der Waals surface area contributed by atoms with Crippen LogP contribution in [0.25, 0.3) is 11.6 Å². The summed E-state index contributed by atoms with van der Waals surface area (Å²) in [6, 6.07) is 19.8. The SMILES string of the molecule is CCCN1C(=O)/C(=C\c2ccc(OCc3ccccc3F)c(OC)c2)c2ccccc21. The Kier molecular flexibility index (Phi) is 6.03. The molecule has 5 heteroatoms. The Labute approximate surface area is 181 Å². The van der Waals surface area contributed by atoms with Gasteiger partial charge in [-0.05, 0) is 42.3 Å². The van der Waals surface area contributed by atoms with Crippen LogP contribution in [-0.2, 0) is 11.4 Å². The Balaban J connectivity index is 1.61. The summed E-state index contributed by atoms with van der Waals surface area (Å²) in [5, 5.41) is 0. The number of benzene rings is 3. The third kappa shape index (κ3) is 4.17. The molecule has 0 unspecified atom stereocenters. The first-order chi connectivity index (χ1) is 15.1. The molecule has 0 aromatic heterocycles. The van der Waals surface area contributed by atoms with Gasteiger partial charge in [0.15, 0.2) is 11.5 Å². The number of carbonyl (C=O) groups excluding carboxylic acids is 1. The van der Waals surface area contributed by atoms with Gasteiger partial charge in [-0.2, -0.15) is 0 Å². The Bertz CT molecular complexity index is 1140. The van der Waals surface area contributed by atoms with Crippen LogP contribution in [0, 0.1) is 5.82 Å². The number of hydrogen-bond acceptors (Lipinski definition) is 3. The lowest BCUT2D eigenvalue weighted by molar-refractivity contribution is -0.113. The number of amides is 1. The topological polar surface area (TPSA) is 38.8 Å². The molecule has 0 radical (unpaired) electrons. The summed E-state index contributed by atoms with van der Waals surface area (Å²) < 4.78 is 25.1. The van der Waals surface area contributed by atoms with Crippen molar-refractivity contribution >= 4 is 23.2 Å². The number of methoxy groups -OCH3 is 1. The molecule has 0 spiro atoms. The first-order valence-corrected chi connectivity index (χ1v) is 10.3. The molecule has 0 fully saturated rings. The minimum Gasteiger partial charge on any atom is -0.493 e. The molecule has 0 saturated carbocycles. The minimum atomic E-state index is -0.308. The molecule has 3 aromatic rings. The van der Waals surface area contributed by atoms with E-state index in [-0.39, 0.29) is 18.3 Å². The molecular formula is C26H24FNO3. The van der Waals surface area contributed by atoms with Gasteiger partial charge in [0.25, 0.3) is 5.91 Å². The highest BCUT2D eigenvalue weighted by Crippen LogP contribution is 2.38. The second-order valence-electron chi connectivity index (χ2n) is 7.32. The number of hydrogen-bond donors (Lipinski definition) is 0. The monoisotopic (exact) mass is 417 g/mol. The fourth-order valence-electron chi connectivity index (χ4n) is 3.72. The molecule has 0 atom stereocenters. The normalized spacial score (nSPS) is 14.1. The van der Waals surface area contributed by atoms with E-state index in [9.17, 15) is 9.18 Å². The molecule has 1 aliphatic heterocycles. The molecule has 1 amide bonds. The van der Waals surface area contributed by atoms with E-state index in [1.807, 2.05) is 47.4 Å². The van der Waals surface area contributed by atoms with Gasteiger partial charge >= 0.3 is 0 Å². The highest BCUT2D eigenvalue weighted by atomic mass is 19.1. The highest BCUT2D eigenvalue weighted by Gasteiger charge is 2.31. The molecule has 31 heavy (non-hydrogen) atoms. The largest absolute Gasteiger partial charge is 0.493 e. The zero-order chi connectivity index (χ0) is 21.8. The van der Waals surface area contributed by atoms with Crippen LogP contribution in [0.2, 0.25) is 0 Å². The second kappa shape index (κ2) is 9.04. The van der Waals surface area contributed by atoms with Crippen molar-refractivity contribution in [2.45, 2.75) is 20.0 Å². The van der Waals surface area contributed by atoms with Crippen molar-refractivity contribution in [2.75, 3.05) is 18.6 Å². The van der Waals surface area contributed by atoms with Crippen molar-refractivity contribution < 1.29 is 18.7 Å². The van der Waals surface area contributed by atoms with E-state index in [2.05, 4.69) is 6.92 Å². The summed E-state index contributed by atoms with van der Waals surface area (Å²) >= 11 is 0. The predicted octanol–water partition coefficient (Wildman–Crippen LogP) is 5.71. The Morgan fingerprint density at radius 2 is 1.77 bits per heavy atom. The minimum absolute atomic E-state index is 0.00176. The average Bonchev–Trinajstić information content (AvgIpc) is 3.05.